The highest BCUT2D eigenvalue weighted by atomic mass is 32.2. The van der Waals surface area contributed by atoms with Gasteiger partial charge in [0.05, 0.1) is 12.0 Å². The van der Waals surface area contributed by atoms with Crippen LogP contribution in [0.3, 0.4) is 0 Å². The molecular weight excluding hydrogens is 409 g/mol. The van der Waals surface area contributed by atoms with E-state index in [1.807, 2.05) is 0 Å². The van der Waals surface area contributed by atoms with E-state index in [9.17, 15) is 12.8 Å². The average molecular weight is 427 g/mol. The molecule has 1 aromatic carbocycles. The van der Waals surface area contributed by atoms with E-state index in [4.69, 9.17) is 4.74 Å². The number of hydrogen-bond acceptors (Lipinski definition) is 7. The summed E-state index contributed by atoms with van der Waals surface area (Å²) in [7, 11) is -1.91. The quantitative estimate of drug-likeness (QED) is 0.505. The summed E-state index contributed by atoms with van der Waals surface area (Å²) in [5, 5.41) is 11.3. The summed E-state index contributed by atoms with van der Waals surface area (Å²) in [5.74, 6) is 0.709. The summed E-state index contributed by atoms with van der Waals surface area (Å²) < 4.78 is 44.9. The summed E-state index contributed by atoms with van der Waals surface area (Å²) in [6, 6.07) is 9.77. The lowest BCUT2D eigenvalue weighted by molar-refractivity contribution is 0.405. The molecule has 0 bridgehead atoms. The standard InChI is InChI=1S/C20H18FN5O3S/c1-29-18-5-3-4-17(21)16(18)11-23-19-7-6-15(20-25-24-12-26(19)20)13-8-14(10-22-9-13)30(2,27)28/h3-10,12,23H,11H2,1-2H3. The Labute approximate surface area is 172 Å². The van der Waals surface area contributed by atoms with Crippen LogP contribution < -0.4 is 10.1 Å². The first-order chi connectivity index (χ1) is 14.4. The summed E-state index contributed by atoms with van der Waals surface area (Å²) in [6.45, 7) is 0.188. The molecule has 0 spiro atoms. The number of nitrogens with zero attached hydrogens (tertiary/aromatic N) is 4. The van der Waals surface area contributed by atoms with Crippen LogP contribution in [-0.2, 0) is 16.4 Å². The fraction of sp³-hybridized carbons (Fsp3) is 0.150. The Hall–Kier alpha value is -3.53. The molecule has 0 aliphatic rings. The van der Waals surface area contributed by atoms with E-state index in [0.717, 1.165) is 6.26 Å². The number of anilines is 1. The van der Waals surface area contributed by atoms with Gasteiger partial charge in [0, 0.05) is 41.9 Å². The number of pyridine rings is 2. The van der Waals surface area contributed by atoms with Crippen molar-refractivity contribution < 1.29 is 17.5 Å². The number of aromatic nitrogens is 4. The lowest BCUT2D eigenvalue weighted by Crippen LogP contribution is -2.07. The van der Waals surface area contributed by atoms with Crippen molar-refractivity contribution in [2.24, 2.45) is 0 Å². The van der Waals surface area contributed by atoms with Gasteiger partial charge in [-0.3, -0.25) is 9.38 Å². The van der Waals surface area contributed by atoms with Crippen LogP contribution in [0.2, 0.25) is 0 Å². The van der Waals surface area contributed by atoms with Crippen molar-refractivity contribution in [2.45, 2.75) is 11.4 Å². The third kappa shape index (κ3) is 3.69. The van der Waals surface area contributed by atoms with Crippen molar-refractivity contribution in [1.82, 2.24) is 19.6 Å². The van der Waals surface area contributed by atoms with Crippen LogP contribution in [-0.4, -0.2) is 41.4 Å². The van der Waals surface area contributed by atoms with Crippen LogP contribution in [0.1, 0.15) is 5.56 Å². The van der Waals surface area contributed by atoms with Gasteiger partial charge in [-0.1, -0.05) is 6.07 Å². The lowest BCUT2D eigenvalue weighted by atomic mass is 10.1. The maximum atomic E-state index is 14.2. The molecule has 4 aromatic rings. The highest BCUT2D eigenvalue weighted by Crippen LogP contribution is 2.28. The number of nitrogens with one attached hydrogen (secondary N) is 1. The summed E-state index contributed by atoms with van der Waals surface area (Å²) in [5.41, 5.74) is 2.17. The predicted molar refractivity (Wildman–Crippen MR) is 110 cm³/mol. The molecule has 3 heterocycles. The van der Waals surface area contributed by atoms with Crippen LogP contribution >= 0.6 is 0 Å². The number of ether oxygens (including phenoxy) is 1. The molecule has 10 heteroatoms. The molecule has 0 saturated heterocycles. The molecule has 0 aliphatic heterocycles. The molecule has 8 nitrogen and oxygen atoms in total. The minimum Gasteiger partial charge on any atom is -0.496 e. The molecule has 0 saturated carbocycles. The largest absolute Gasteiger partial charge is 0.496 e. The highest BCUT2D eigenvalue weighted by Gasteiger charge is 2.15. The lowest BCUT2D eigenvalue weighted by Gasteiger charge is -2.13. The zero-order valence-corrected chi connectivity index (χ0v) is 17.0. The van der Waals surface area contributed by atoms with Gasteiger partial charge in [-0.2, -0.15) is 0 Å². The maximum absolute atomic E-state index is 14.2. The van der Waals surface area contributed by atoms with Gasteiger partial charge in [0.15, 0.2) is 15.5 Å². The van der Waals surface area contributed by atoms with E-state index in [-0.39, 0.29) is 17.3 Å². The Kier molecular flexibility index (Phi) is 5.08. The molecule has 4 rings (SSSR count). The number of hydrogen-bond donors (Lipinski definition) is 1. The molecule has 0 amide bonds. The second kappa shape index (κ2) is 7.71. The molecule has 0 fully saturated rings. The number of benzene rings is 1. The number of fused-ring (bicyclic) bond motifs is 1. The van der Waals surface area contributed by atoms with Crippen molar-refractivity contribution in [1.29, 1.82) is 0 Å². The topological polar surface area (TPSA) is 98.5 Å². The average Bonchev–Trinajstić information content (AvgIpc) is 3.22. The van der Waals surface area contributed by atoms with Crippen molar-refractivity contribution in [3.8, 4) is 16.9 Å². The van der Waals surface area contributed by atoms with Gasteiger partial charge >= 0.3 is 0 Å². The molecule has 0 radical (unpaired) electrons. The van der Waals surface area contributed by atoms with Gasteiger partial charge < -0.3 is 10.1 Å². The molecule has 0 atom stereocenters. The Balaban J connectivity index is 1.71. The maximum Gasteiger partial charge on any atom is 0.177 e. The Morgan fingerprint density at radius 1 is 1.20 bits per heavy atom. The third-order valence-corrected chi connectivity index (χ3v) is 5.73. The predicted octanol–water partition coefficient (Wildman–Crippen LogP) is 2.95. The second-order valence-corrected chi connectivity index (χ2v) is 8.63. The first kappa shape index (κ1) is 19.8. The molecule has 30 heavy (non-hydrogen) atoms. The molecule has 1 N–H and O–H groups in total. The van der Waals surface area contributed by atoms with Crippen molar-refractivity contribution in [3.05, 3.63) is 66.5 Å². The third-order valence-electron chi connectivity index (χ3n) is 4.65. The van der Waals surface area contributed by atoms with Gasteiger partial charge in [-0.15, -0.1) is 10.2 Å². The van der Waals surface area contributed by atoms with E-state index in [0.29, 0.717) is 33.9 Å². The summed E-state index contributed by atoms with van der Waals surface area (Å²) in [6.07, 6.45) is 5.52. The van der Waals surface area contributed by atoms with E-state index in [2.05, 4.69) is 20.5 Å². The molecule has 0 unspecified atom stereocenters. The minimum absolute atomic E-state index is 0.117. The van der Waals surface area contributed by atoms with E-state index in [1.54, 1.807) is 40.9 Å². The molecule has 3 aromatic heterocycles. The van der Waals surface area contributed by atoms with Crippen LogP contribution in [0.5, 0.6) is 5.75 Å². The van der Waals surface area contributed by atoms with Gasteiger partial charge in [-0.05, 0) is 30.3 Å². The fourth-order valence-corrected chi connectivity index (χ4v) is 3.72. The number of halogens is 1. The Morgan fingerprint density at radius 2 is 2.03 bits per heavy atom. The Bertz CT molecular complexity index is 1340. The summed E-state index contributed by atoms with van der Waals surface area (Å²) >= 11 is 0. The van der Waals surface area contributed by atoms with Crippen molar-refractivity contribution in [2.75, 3.05) is 18.7 Å². The highest BCUT2D eigenvalue weighted by molar-refractivity contribution is 7.90. The van der Waals surface area contributed by atoms with E-state index >= 15 is 0 Å². The normalized spacial score (nSPS) is 11.6. The molecule has 154 valence electrons. The number of rotatable bonds is 6. The SMILES string of the molecule is COc1cccc(F)c1CNc1ccc(-c2cncc(S(C)(=O)=O)c2)c2nncn12. The monoisotopic (exact) mass is 427 g/mol. The van der Waals surface area contributed by atoms with Crippen molar-refractivity contribution >= 4 is 21.3 Å². The fourth-order valence-electron chi connectivity index (χ4n) is 3.13. The van der Waals surface area contributed by atoms with Crippen LogP contribution in [0.25, 0.3) is 16.8 Å². The zero-order valence-electron chi connectivity index (χ0n) is 16.2. The second-order valence-electron chi connectivity index (χ2n) is 6.61. The number of sulfone groups is 1. The Morgan fingerprint density at radius 3 is 2.80 bits per heavy atom. The smallest absolute Gasteiger partial charge is 0.177 e. The zero-order chi connectivity index (χ0) is 21.3. The minimum atomic E-state index is -3.40. The summed E-state index contributed by atoms with van der Waals surface area (Å²) in [4.78, 5) is 4.16. The van der Waals surface area contributed by atoms with Gasteiger partial charge in [0.1, 0.15) is 23.7 Å². The first-order valence-corrected chi connectivity index (χ1v) is 10.8. The van der Waals surface area contributed by atoms with Gasteiger partial charge in [0.2, 0.25) is 0 Å². The van der Waals surface area contributed by atoms with E-state index < -0.39 is 9.84 Å². The van der Waals surface area contributed by atoms with Crippen LogP contribution in [0.15, 0.2) is 60.0 Å². The van der Waals surface area contributed by atoms with Gasteiger partial charge in [-0.25, -0.2) is 12.8 Å². The number of methoxy groups -OCH3 is 1. The van der Waals surface area contributed by atoms with Crippen LogP contribution in [0, 0.1) is 5.82 Å². The van der Waals surface area contributed by atoms with Crippen molar-refractivity contribution in [3.63, 3.8) is 0 Å². The first-order valence-electron chi connectivity index (χ1n) is 8.92. The van der Waals surface area contributed by atoms with E-state index in [1.165, 1.54) is 25.7 Å². The molecule has 0 aliphatic carbocycles. The van der Waals surface area contributed by atoms with Crippen LogP contribution in [0.4, 0.5) is 10.2 Å². The van der Waals surface area contributed by atoms with Gasteiger partial charge in [0.25, 0.3) is 0 Å². The molecular formula is C20H18FN5O3S.